The molecule has 3 heteroatoms. The van der Waals surface area contributed by atoms with Crippen LogP contribution in [-0.2, 0) is 0 Å². The van der Waals surface area contributed by atoms with Crippen molar-refractivity contribution in [1.82, 2.24) is 4.90 Å². The van der Waals surface area contributed by atoms with Gasteiger partial charge in [-0.1, -0.05) is 51.2 Å². The minimum Gasteiger partial charge on any atom is -0.358 e. The van der Waals surface area contributed by atoms with Gasteiger partial charge in [0.2, 0.25) is 0 Å². The summed E-state index contributed by atoms with van der Waals surface area (Å²) in [5.41, 5.74) is 0. The maximum absolute atomic E-state index is 5.16. The molecule has 0 saturated carbocycles. The Labute approximate surface area is 93.3 Å². The van der Waals surface area contributed by atoms with Gasteiger partial charge in [0.1, 0.15) is 4.32 Å². The molecule has 0 fully saturated rings. The lowest BCUT2D eigenvalue weighted by Crippen LogP contribution is -2.26. The lowest BCUT2D eigenvalue weighted by atomic mass is 10.6. The van der Waals surface area contributed by atoms with Gasteiger partial charge in [0.05, 0.1) is 0 Å². The van der Waals surface area contributed by atoms with Crippen LogP contribution < -0.4 is 0 Å². The highest BCUT2D eigenvalue weighted by Gasteiger charge is 2.02. The average Bonchev–Trinajstić information content (AvgIpc) is 2.08. The van der Waals surface area contributed by atoms with E-state index in [-0.39, 0.29) is 0 Å². The van der Waals surface area contributed by atoms with E-state index in [1.807, 2.05) is 0 Å². The van der Waals surface area contributed by atoms with Gasteiger partial charge in [0.15, 0.2) is 0 Å². The number of hydrogen-bond donors (Lipinski definition) is 0. The van der Waals surface area contributed by atoms with E-state index in [4.69, 9.17) is 12.2 Å². The standard InChI is InChI=1S/C7H15NS2.C3H8/c1-4-8(5-2)7(9)10-6-3;1-3-2/h4-6H2,1-3H3;3H2,1-2H3. The number of nitrogens with zero attached hydrogens (tertiary/aromatic N) is 1. The van der Waals surface area contributed by atoms with Gasteiger partial charge in [-0.05, 0) is 19.6 Å². The fraction of sp³-hybridized carbons (Fsp3) is 0.900. The number of rotatable bonds is 3. The summed E-state index contributed by atoms with van der Waals surface area (Å²) in [5, 5.41) is 0. The molecule has 0 aliphatic rings. The summed E-state index contributed by atoms with van der Waals surface area (Å²) in [7, 11) is 0. The van der Waals surface area contributed by atoms with Gasteiger partial charge in [-0.3, -0.25) is 0 Å². The van der Waals surface area contributed by atoms with Crippen LogP contribution in [0.1, 0.15) is 41.0 Å². The van der Waals surface area contributed by atoms with E-state index in [1.165, 1.54) is 6.42 Å². The SMILES string of the molecule is CCC.CCSC(=S)N(CC)CC. The molecule has 0 N–H and O–H groups in total. The summed E-state index contributed by atoms with van der Waals surface area (Å²) in [5.74, 6) is 1.08. The third-order valence-electron chi connectivity index (χ3n) is 1.29. The molecule has 0 atom stereocenters. The molecule has 80 valence electrons. The Morgan fingerprint density at radius 2 is 1.46 bits per heavy atom. The molecule has 0 spiro atoms. The minimum absolute atomic E-state index is 1.03. The van der Waals surface area contributed by atoms with Crippen LogP contribution in [0.3, 0.4) is 0 Å². The number of hydrogen-bond acceptors (Lipinski definition) is 2. The molecule has 0 aromatic rings. The summed E-state index contributed by atoms with van der Waals surface area (Å²) in [6, 6.07) is 0. The van der Waals surface area contributed by atoms with E-state index in [2.05, 4.69) is 39.5 Å². The van der Waals surface area contributed by atoms with E-state index in [9.17, 15) is 0 Å². The fourth-order valence-corrected chi connectivity index (χ4v) is 2.00. The molecule has 0 aromatic heterocycles. The van der Waals surface area contributed by atoms with Crippen molar-refractivity contribution < 1.29 is 0 Å². The molecule has 0 heterocycles. The van der Waals surface area contributed by atoms with Crippen molar-refractivity contribution in [3.8, 4) is 0 Å². The van der Waals surface area contributed by atoms with Crippen molar-refractivity contribution in [2.75, 3.05) is 18.8 Å². The van der Waals surface area contributed by atoms with Crippen molar-refractivity contribution in [3.63, 3.8) is 0 Å². The molecular formula is C10H23NS2. The van der Waals surface area contributed by atoms with Gasteiger partial charge in [-0.2, -0.15) is 0 Å². The van der Waals surface area contributed by atoms with Gasteiger partial charge in [0.25, 0.3) is 0 Å². The highest BCUT2D eigenvalue weighted by molar-refractivity contribution is 8.22. The highest BCUT2D eigenvalue weighted by Crippen LogP contribution is 2.07. The zero-order chi connectivity index (χ0) is 10.7. The smallest absolute Gasteiger partial charge is 0.136 e. The molecule has 0 bridgehead atoms. The highest BCUT2D eigenvalue weighted by atomic mass is 32.2. The zero-order valence-corrected chi connectivity index (χ0v) is 11.2. The Bertz CT molecular complexity index is 111. The van der Waals surface area contributed by atoms with E-state index in [1.54, 1.807) is 11.8 Å². The van der Waals surface area contributed by atoms with Crippen LogP contribution in [0.15, 0.2) is 0 Å². The third kappa shape index (κ3) is 10.2. The van der Waals surface area contributed by atoms with Gasteiger partial charge < -0.3 is 4.90 Å². The van der Waals surface area contributed by atoms with Crippen LogP contribution in [0, 0.1) is 0 Å². The van der Waals surface area contributed by atoms with E-state index >= 15 is 0 Å². The topological polar surface area (TPSA) is 3.24 Å². The van der Waals surface area contributed by atoms with Gasteiger partial charge >= 0.3 is 0 Å². The van der Waals surface area contributed by atoms with Gasteiger partial charge in [-0.25, -0.2) is 0 Å². The van der Waals surface area contributed by atoms with Gasteiger partial charge in [0, 0.05) is 13.1 Å². The normalized spacial score (nSPS) is 8.69. The first-order valence-electron chi connectivity index (χ1n) is 5.09. The Morgan fingerprint density at radius 3 is 1.69 bits per heavy atom. The summed E-state index contributed by atoms with van der Waals surface area (Å²) >= 11 is 6.91. The Kier molecular flexibility index (Phi) is 14.8. The second kappa shape index (κ2) is 12.2. The summed E-state index contributed by atoms with van der Waals surface area (Å²) < 4.78 is 1.03. The largest absolute Gasteiger partial charge is 0.358 e. The van der Waals surface area contributed by atoms with Gasteiger partial charge in [-0.15, -0.1) is 0 Å². The molecule has 0 aromatic carbocycles. The molecule has 0 radical (unpaired) electrons. The molecule has 0 aliphatic carbocycles. The molecule has 0 rings (SSSR count). The maximum Gasteiger partial charge on any atom is 0.136 e. The first-order chi connectivity index (χ1) is 6.17. The molecule has 0 unspecified atom stereocenters. The molecule has 0 amide bonds. The summed E-state index contributed by atoms with van der Waals surface area (Å²) in [6.45, 7) is 12.7. The summed E-state index contributed by atoms with van der Waals surface area (Å²) in [4.78, 5) is 2.20. The second-order valence-electron chi connectivity index (χ2n) is 2.58. The van der Waals surface area contributed by atoms with Crippen molar-refractivity contribution in [1.29, 1.82) is 0 Å². The van der Waals surface area contributed by atoms with E-state index in [0.29, 0.717) is 0 Å². The van der Waals surface area contributed by atoms with Crippen LogP contribution in [0.5, 0.6) is 0 Å². The third-order valence-corrected chi connectivity index (χ3v) is 2.70. The molecule has 1 nitrogen and oxygen atoms in total. The minimum atomic E-state index is 1.03. The number of thiocarbonyl (C=S) groups is 1. The van der Waals surface area contributed by atoms with Crippen molar-refractivity contribution >= 4 is 28.3 Å². The Morgan fingerprint density at radius 1 is 1.08 bits per heavy atom. The van der Waals surface area contributed by atoms with E-state index < -0.39 is 0 Å². The predicted octanol–water partition coefficient (Wildman–Crippen LogP) is 3.78. The first kappa shape index (κ1) is 15.7. The summed E-state index contributed by atoms with van der Waals surface area (Å²) in [6.07, 6.45) is 1.25. The first-order valence-corrected chi connectivity index (χ1v) is 6.48. The Balaban J connectivity index is 0. The molecule has 0 aliphatic heterocycles. The zero-order valence-electron chi connectivity index (χ0n) is 9.59. The second-order valence-corrected chi connectivity index (χ2v) is 4.48. The average molecular weight is 221 g/mol. The van der Waals surface area contributed by atoms with Crippen molar-refractivity contribution in [3.05, 3.63) is 0 Å². The number of thioether (sulfide) groups is 1. The van der Waals surface area contributed by atoms with Crippen LogP contribution in [0.2, 0.25) is 0 Å². The lowest BCUT2D eigenvalue weighted by Gasteiger charge is -2.20. The Hall–Kier alpha value is 0.240. The lowest BCUT2D eigenvalue weighted by molar-refractivity contribution is 0.482. The predicted molar refractivity (Wildman–Crippen MR) is 69.6 cm³/mol. The van der Waals surface area contributed by atoms with Crippen molar-refractivity contribution in [2.24, 2.45) is 0 Å². The molecule has 13 heavy (non-hydrogen) atoms. The van der Waals surface area contributed by atoms with Crippen molar-refractivity contribution in [2.45, 2.75) is 41.0 Å². The van der Waals surface area contributed by atoms with Crippen LogP contribution in [0.4, 0.5) is 0 Å². The monoisotopic (exact) mass is 221 g/mol. The fourth-order valence-electron chi connectivity index (χ4n) is 0.697. The van der Waals surface area contributed by atoms with Crippen LogP contribution in [0.25, 0.3) is 0 Å². The quantitative estimate of drug-likeness (QED) is 0.668. The van der Waals surface area contributed by atoms with Crippen LogP contribution >= 0.6 is 24.0 Å². The maximum atomic E-state index is 5.16. The molecular weight excluding hydrogens is 198 g/mol. The molecule has 0 saturated heterocycles. The van der Waals surface area contributed by atoms with E-state index in [0.717, 1.165) is 23.2 Å². The van der Waals surface area contributed by atoms with Crippen LogP contribution in [-0.4, -0.2) is 28.1 Å².